The molecule has 0 atom stereocenters. The molecule has 90 valence electrons. The molecule has 0 spiro atoms. The molecule has 1 amide bonds. The number of carbonyl (C=O) groups excluding carboxylic acids is 1. The van der Waals surface area contributed by atoms with Gasteiger partial charge in [-0.15, -0.1) is 0 Å². The van der Waals surface area contributed by atoms with E-state index in [1.54, 1.807) is 20.1 Å². The van der Waals surface area contributed by atoms with Crippen LogP contribution in [0.2, 0.25) is 0 Å². The molecule has 0 bridgehead atoms. The fourth-order valence-electron chi connectivity index (χ4n) is 1.26. The zero-order valence-corrected chi connectivity index (χ0v) is 9.47. The summed E-state index contributed by atoms with van der Waals surface area (Å²) in [5, 5.41) is 12.5. The van der Waals surface area contributed by atoms with Crippen LogP contribution in [0.15, 0.2) is 10.6 Å². The van der Waals surface area contributed by atoms with Gasteiger partial charge in [-0.3, -0.25) is 4.79 Å². The third kappa shape index (κ3) is 3.32. The number of ether oxygens (including phenoxy) is 1. The molecular weight excluding hydrogens is 212 g/mol. The van der Waals surface area contributed by atoms with Crippen LogP contribution in [-0.2, 0) is 4.74 Å². The summed E-state index contributed by atoms with van der Waals surface area (Å²) in [6.45, 7) is 2.73. The molecule has 0 aromatic carbocycles. The van der Waals surface area contributed by atoms with Crippen molar-refractivity contribution < 1.29 is 19.2 Å². The summed E-state index contributed by atoms with van der Waals surface area (Å²) in [5.41, 5.74) is 0.652. The first-order valence-electron chi connectivity index (χ1n) is 5.01. The SMILES string of the molecule is COCCN(CCO)C(=O)c1cc(C)no1. The van der Waals surface area contributed by atoms with Gasteiger partial charge >= 0.3 is 0 Å². The lowest BCUT2D eigenvalue weighted by Crippen LogP contribution is -2.36. The van der Waals surface area contributed by atoms with Crippen molar-refractivity contribution in [1.29, 1.82) is 0 Å². The van der Waals surface area contributed by atoms with Gasteiger partial charge in [0.05, 0.1) is 18.9 Å². The number of methoxy groups -OCH3 is 1. The van der Waals surface area contributed by atoms with Crippen LogP contribution in [0.4, 0.5) is 0 Å². The van der Waals surface area contributed by atoms with Crippen molar-refractivity contribution in [3.05, 3.63) is 17.5 Å². The quantitative estimate of drug-likeness (QED) is 0.745. The maximum absolute atomic E-state index is 11.9. The summed E-state index contributed by atoms with van der Waals surface area (Å²) < 4.78 is 9.76. The van der Waals surface area contributed by atoms with Crippen LogP contribution < -0.4 is 0 Å². The van der Waals surface area contributed by atoms with Crippen LogP contribution in [0.1, 0.15) is 16.2 Å². The Kier molecular flexibility index (Phi) is 4.94. The first-order chi connectivity index (χ1) is 7.69. The van der Waals surface area contributed by atoms with E-state index >= 15 is 0 Å². The molecule has 1 aromatic heterocycles. The Morgan fingerprint density at radius 3 is 2.88 bits per heavy atom. The van der Waals surface area contributed by atoms with Crippen LogP contribution in [-0.4, -0.2) is 54.5 Å². The topological polar surface area (TPSA) is 75.8 Å². The van der Waals surface area contributed by atoms with E-state index in [1.807, 2.05) is 0 Å². The first-order valence-corrected chi connectivity index (χ1v) is 5.01. The van der Waals surface area contributed by atoms with Gasteiger partial charge in [0.25, 0.3) is 5.91 Å². The lowest BCUT2D eigenvalue weighted by molar-refractivity contribution is 0.0617. The lowest BCUT2D eigenvalue weighted by atomic mass is 10.3. The fraction of sp³-hybridized carbons (Fsp3) is 0.600. The minimum Gasteiger partial charge on any atom is -0.395 e. The molecule has 0 radical (unpaired) electrons. The van der Waals surface area contributed by atoms with E-state index < -0.39 is 0 Å². The Hall–Kier alpha value is -1.40. The summed E-state index contributed by atoms with van der Waals surface area (Å²) >= 11 is 0. The highest BCUT2D eigenvalue weighted by atomic mass is 16.5. The first kappa shape index (κ1) is 12.7. The molecule has 1 rings (SSSR count). The van der Waals surface area contributed by atoms with E-state index in [-0.39, 0.29) is 24.8 Å². The van der Waals surface area contributed by atoms with E-state index in [0.29, 0.717) is 18.8 Å². The molecule has 1 heterocycles. The molecular formula is C10H16N2O4. The highest BCUT2D eigenvalue weighted by Crippen LogP contribution is 2.06. The van der Waals surface area contributed by atoms with E-state index in [1.165, 1.54) is 4.90 Å². The number of aromatic nitrogens is 1. The standard InChI is InChI=1S/C10H16N2O4/c1-8-7-9(16-11-8)10(14)12(3-5-13)4-6-15-2/h7,13H,3-6H2,1-2H3. The molecule has 0 saturated carbocycles. The Balaban J connectivity index is 2.66. The second-order valence-corrected chi connectivity index (χ2v) is 3.34. The molecule has 0 aliphatic heterocycles. The third-order valence-corrected chi connectivity index (χ3v) is 2.06. The Morgan fingerprint density at radius 1 is 1.62 bits per heavy atom. The second kappa shape index (κ2) is 6.24. The lowest BCUT2D eigenvalue weighted by Gasteiger charge is -2.19. The Morgan fingerprint density at radius 2 is 2.38 bits per heavy atom. The van der Waals surface area contributed by atoms with Crippen molar-refractivity contribution in [1.82, 2.24) is 10.1 Å². The van der Waals surface area contributed by atoms with E-state index in [2.05, 4.69) is 5.16 Å². The van der Waals surface area contributed by atoms with E-state index in [4.69, 9.17) is 14.4 Å². The second-order valence-electron chi connectivity index (χ2n) is 3.34. The van der Waals surface area contributed by atoms with Crippen LogP contribution in [0.3, 0.4) is 0 Å². The molecule has 6 heteroatoms. The van der Waals surface area contributed by atoms with Crippen molar-refractivity contribution in [3.63, 3.8) is 0 Å². The van der Waals surface area contributed by atoms with E-state index in [9.17, 15) is 4.79 Å². The summed E-state index contributed by atoms with van der Waals surface area (Å²) in [6, 6.07) is 1.57. The average molecular weight is 228 g/mol. The molecule has 0 saturated heterocycles. The predicted molar refractivity (Wildman–Crippen MR) is 56.1 cm³/mol. The number of rotatable bonds is 6. The Bertz CT molecular complexity index is 337. The van der Waals surface area contributed by atoms with Crippen molar-refractivity contribution in [2.45, 2.75) is 6.92 Å². The summed E-state index contributed by atoms with van der Waals surface area (Å²) in [7, 11) is 1.56. The van der Waals surface area contributed by atoms with Gasteiger partial charge in [-0.05, 0) is 6.92 Å². The molecule has 0 fully saturated rings. The highest BCUT2D eigenvalue weighted by Gasteiger charge is 2.19. The zero-order chi connectivity index (χ0) is 12.0. The summed E-state index contributed by atoms with van der Waals surface area (Å²) in [6.07, 6.45) is 0. The van der Waals surface area contributed by atoms with E-state index in [0.717, 1.165) is 0 Å². The maximum Gasteiger partial charge on any atom is 0.292 e. The highest BCUT2D eigenvalue weighted by molar-refractivity contribution is 5.91. The summed E-state index contributed by atoms with van der Waals surface area (Å²) in [4.78, 5) is 13.3. The molecule has 0 unspecified atom stereocenters. The molecule has 6 nitrogen and oxygen atoms in total. The number of aliphatic hydroxyl groups excluding tert-OH is 1. The number of nitrogens with zero attached hydrogens (tertiary/aromatic N) is 2. The smallest absolute Gasteiger partial charge is 0.292 e. The summed E-state index contributed by atoms with van der Waals surface area (Å²) in [5.74, 6) is -0.103. The van der Waals surface area contributed by atoms with Crippen LogP contribution in [0, 0.1) is 6.92 Å². The van der Waals surface area contributed by atoms with Crippen molar-refractivity contribution in [2.75, 3.05) is 33.4 Å². The van der Waals surface area contributed by atoms with Gasteiger partial charge in [-0.1, -0.05) is 5.16 Å². The molecule has 16 heavy (non-hydrogen) atoms. The normalized spacial score (nSPS) is 10.4. The van der Waals surface area contributed by atoms with Crippen molar-refractivity contribution in [2.24, 2.45) is 0 Å². The zero-order valence-electron chi connectivity index (χ0n) is 9.47. The van der Waals surface area contributed by atoms with Gasteiger partial charge in [0, 0.05) is 26.3 Å². The van der Waals surface area contributed by atoms with Gasteiger partial charge in [-0.2, -0.15) is 0 Å². The minimum absolute atomic E-state index is 0.0947. The Labute approximate surface area is 93.8 Å². The number of hydrogen-bond acceptors (Lipinski definition) is 5. The van der Waals surface area contributed by atoms with Crippen LogP contribution in [0.5, 0.6) is 0 Å². The molecule has 1 N–H and O–H groups in total. The largest absolute Gasteiger partial charge is 0.395 e. The number of aliphatic hydroxyl groups is 1. The van der Waals surface area contributed by atoms with Gasteiger partial charge in [-0.25, -0.2) is 0 Å². The minimum atomic E-state index is -0.285. The van der Waals surface area contributed by atoms with Crippen LogP contribution in [0.25, 0.3) is 0 Å². The third-order valence-electron chi connectivity index (χ3n) is 2.06. The van der Waals surface area contributed by atoms with Gasteiger partial charge in [0.2, 0.25) is 5.76 Å². The van der Waals surface area contributed by atoms with Gasteiger partial charge in [0.15, 0.2) is 0 Å². The average Bonchev–Trinajstić information content (AvgIpc) is 2.70. The molecule has 1 aromatic rings. The number of amides is 1. The van der Waals surface area contributed by atoms with Gasteiger partial charge < -0.3 is 19.3 Å². The van der Waals surface area contributed by atoms with Crippen molar-refractivity contribution in [3.8, 4) is 0 Å². The van der Waals surface area contributed by atoms with Crippen molar-refractivity contribution >= 4 is 5.91 Å². The number of carbonyl (C=O) groups is 1. The van der Waals surface area contributed by atoms with Crippen LogP contribution >= 0.6 is 0 Å². The maximum atomic E-state index is 11.9. The number of hydrogen-bond donors (Lipinski definition) is 1. The van der Waals surface area contributed by atoms with Gasteiger partial charge in [0.1, 0.15) is 0 Å². The monoisotopic (exact) mass is 228 g/mol. The molecule has 0 aliphatic carbocycles. The molecule has 0 aliphatic rings. The predicted octanol–water partition coefficient (Wildman–Crippen LogP) is 0.0639. The number of aryl methyl sites for hydroxylation is 1. The fourth-order valence-corrected chi connectivity index (χ4v) is 1.26.